The summed E-state index contributed by atoms with van der Waals surface area (Å²) in [5.41, 5.74) is 5.96. The van der Waals surface area contributed by atoms with Gasteiger partial charge in [0.1, 0.15) is 0 Å². The number of nitrogens with two attached hydrogens (primary N) is 1. The molecule has 0 aromatic carbocycles. The molecule has 2 nitrogen and oxygen atoms in total. The van der Waals surface area contributed by atoms with Gasteiger partial charge in [0.15, 0.2) is 0 Å². The topological polar surface area (TPSA) is 29.3 Å². The Morgan fingerprint density at radius 1 is 1.44 bits per heavy atom. The predicted molar refractivity (Wildman–Crippen MR) is 80.3 cm³/mol. The molecule has 1 unspecified atom stereocenters. The van der Waals surface area contributed by atoms with Gasteiger partial charge < -0.3 is 5.73 Å². The monoisotopic (exact) mass is 286 g/mol. The summed E-state index contributed by atoms with van der Waals surface area (Å²) >= 11 is 7.69. The van der Waals surface area contributed by atoms with Gasteiger partial charge in [-0.3, -0.25) is 4.90 Å². The van der Waals surface area contributed by atoms with Crippen LogP contribution in [0.5, 0.6) is 0 Å². The Hall–Kier alpha value is -0.0900. The molecule has 0 bridgehead atoms. The molecule has 0 aliphatic carbocycles. The van der Waals surface area contributed by atoms with E-state index in [2.05, 4.69) is 17.9 Å². The molecule has 1 fully saturated rings. The summed E-state index contributed by atoms with van der Waals surface area (Å²) in [7, 11) is 0. The molecule has 1 saturated heterocycles. The molecule has 2 heterocycles. The lowest BCUT2D eigenvalue weighted by Crippen LogP contribution is -2.39. The molecule has 18 heavy (non-hydrogen) atoms. The van der Waals surface area contributed by atoms with Crippen molar-refractivity contribution < 1.29 is 0 Å². The lowest BCUT2D eigenvalue weighted by molar-refractivity contribution is 0.133. The average molecular weight is 287 g/mol. The second-order valence-electron chi connectivity index (χ2n) is 5.16. The van der Waals surface area contributed by atoms with Gasteiger partial charge in [0, 0.05) is 11.4 Å². The SMILES string of the molecule is CCCC1CCN(C(CN)c2ccc(Cl)s2)CC1. The number of hydrogen-bond acceptors (Lipinski definition) is 3. The number of piperidine rings is 1. The van der Waals surface area contributed by atoms with Crippen molar-refractivity contribution in [1.82, 2.24) is 4.90 Å². The van der Waals surface area contributed by atoms with E-state index >= 15 is 0 Å². The van der Waals surface area contributed by atoms with Crippen LogP contribution in [0.2, 0.25) is 4.34 Å². The van der Waals surface area contributed by atoms with E-state index in [-0.39, 0.29) is 0 Å². The number of hydrogen-bond donors (Lipinski definition) is 1. The zero-order chi connectivity index (χ0) is 13.0. The zero-order valence-electron chi connectivity index (χ0n) is 11.1. The summed E-state index contributed by atoms with van der Waals surface area (Å²) in [6.45, 7) is 5.34. The Kier molecular flexibility index (Phi) is 5.49. The van der Waals surface area contributed by atoms with E-state index in [1.165, 1.54) is 43.6 Å². The number of thiophene rings is 1. The van der Waals surface area contributed by atoms with E-state index in [0.717, 1.165) is 10.3 Å². The van der Waals surface area contributed by atoms with E-state index in [1.54, 1.807) is 11.3 Å². The lowest BCUT2D eigenvalue weighted by Gasteiger charge is -2.36. The van der Waals surface area contributed by atoms with Crippen molar-refractivity contribution in [2.75, 3.05) is 19.6 Å². The van der Waals surface area contributed by atoms with Gasteiger partial charge in [0.05, 0.1) is 10.4 Å². The predicted octanol–water partition coefficient (Wildman–Crippen LogP) is 3.91. The van der Waals surface area contributed by atoms with Crippen molar-refractivity contribution in [3.63, 3.8) is 0 Å². The summed E-state index contributed by atoms with van der Waals surface area (Å²) in [5.74, 6) is 0.927. The maximum Gasteiger partial charge on any atom is 0.0931 e. The van der Waals surface area contributed by atoms with Gasteiger partial charge in [0.25, 0.3) is 0 Å². The third-order valence-corrected chi connectivity index (χ3v) is 5.26. The van der Waals surface area contributed by atoms with E-state index in [0.29, 0.717) is 12.6 Å². The Labute approximate surface area is 119 Å². The van der Waals surface area contributed by atoms with E-state index in [9.17, 15) is 0 Å². The fourth-order valence-corrected chi connectivity index (χ4v) is 4.12. The van der Waals surface area contributed by atoms with Crippen LogP contribution in [-0.2, 0) is 0 Å². The molecular weight excluding hydrogens is 264 g/mol. The molecule has 0 saturated carbocycles. The van der Waals surface area contributed by atoms with Gasteiger partial charge in [-0.2, -0.15) is 0 Å². The maximum absolute atomic E-state index is 6.02. The van der Waals surface area contributed by atoms with Crippen molar-refractivity contribution in [1.29, 1.82) is 0 Å². The number of rotatable bonds is 5. The third kappa shape index (κ3) is 3.47. The molecule has 0 amide bonds. The van der Waals surface area contributed by atoms with Crippen molar-refractivity contribution in [2.24, 2.45) is 11.7 Å². The molecule has 1 aromatic heterocycles. The second kappa shape index (κ2) is 6.90. The first-order valence-corrected chi connectivity index (χ1v) is 8.13. The largest absolute Gasteiger partial charge is 0.329 e. The standard InChI is InChI=1S/C14H23ClN2S/c1-2-3-11-6-8-17(9-7-11)12(10-16)13-4-5-14(15)18-13/h4-5,11-12H,2-3,6-10,16H2,1H3. The van der Waals surface area contributed by atoms with Gasteiger partial charge >= 0.3 is 0 Å². The molecule has 1 aliphatic heterocycles. The van der Waals surface area contributed by atoms with Gasteiger partial charge in [-0.05, 0) is 44.0 Å². The molecular formula is C14H23ClN2S. The first-order chi connectivity index (χ1) is 8.74. The Bertz CT molecular complexity index is 358. The van der Waals surface area contributed by atoms with Gasteiger partial charge in [-0.15, -0.1) is 11.3 Å². The van der Waals surface area contributed by atoms with Crippen LogP contribution in [0.4, 0.5) is 0 Å². The van der Waals surface area contributed by atoms with Crippen molar-refractivity contribution in [3.05, 3.63) is 21.3 Å². The Morgan fingerprint density at radius 2 is 2.17 bits per heavy atom. The molecule has 0 radical (unpaired) electrons. The van der Waals surface area contributed by atoms with Crippen LogP contribution in [0.25, 0.3) is 0 Å². The molecule has 0 spiro atoms. The van der Waals surface area contributed by atoms with Gasteiger partial charge in [-0.1, -0.05) is 31.4 Å². The second-order valence-corrected chi connectivity index (χ2v) is 6.91. The molecule has 102 valence electrons. The van der Waals surface area contributed by atoms with Gasteiger partial charge in [0.2, 0.25) is 0 Å². The minimum Gasteiger partial charge on any atom is -0.329 e. The first kappa shape index (κ1) is 14.3. The third-order valence-electron chi connectivity index (χ3n) is 3.93. The number of likely N-dealkylation sites (tertiary alicyclic amines) is 1. The smallest absolute Gasteiger partial charge is 0.0931 e. The first-order valence-electron chi connectivity index (χ1n) is 6.94. The van der Waals surface area contributed by atoms with Crippen LogP contribution >= 0.6 is 22.9 Å². The highest BCUT2D eigenvalue weighted by molar-refractivity contribution is 7.16. The number of halogens is 1. The molecule has 1 atom stereocenters. The van der Waals surface area contributed by atoms with Gasteiger partial charge in [-0.25, -0.2) is 0 Å². The fraction of sp³-hybridized carbons (Fsp3) is 0.714. The Balaban J connectivity index is 1.94. The van der Waals surface area contributed by atoms with E-state index in [1.807, 2.05) is 6.07 Å². The van der Waals surface area contributed by atoms with E-state index in [4.69, 9.17) is 17.3 Å². The highest BCUT2D eigenvalue weighted by Crippen LogP contribution is 2.33. The van der Waals surface area contributed by atoms with E-state index < -0.39 is 0 Å². The van der Waals surface area contributed by atoms with Crippen LogP contribution in [-0.4, -0.2) is 24.5 Å². The van der Waals surface area contributed by atoms with Crippen molar-refractivity contribution in [2.45, 2.75) is 38.6 Å². The molecule has 4 heteroatoms. The quantitative estimate of drug-likeness (QED) is 0.889. The molecule has 2 N–H and O–H groups in total. The summed E-state index contributed by atoms with van der Waals surface area (Å²) < 4.78 is 0.865. The molecule has 2 rings (SSSR count). The minimum absolute atomic E-state index is 0.366. The van der Waals surface area contributed by atoms with Crippen LogP contribution < -0.4 is 5.73 Å². The highest BCUT2D eigenvalue weighted by Gasteiger charge is 2.25. The van der Waals surface area contributed by atoms with Crippen molar-refractivity contribution in [3.8, 4) is 0 Å². The Morgan fingerprint density at radius 3 is 2.67 bits per heavy atom. The van der Waals surface area contributed by atoms with Crippen LogP contribution in [0.15, 0.2) is 12.1 Å². The lowest BCUT2D eigenvalue weighted by atomic mass is 9.91. The molecule has 1 aliphatic rings. The zero-order valence-corrected chi connectivity index (χ0v) is 12.6. The normalized spacial score (nSPS) is 20.2. The summed E-state index contributed by atoms with van der Waals surface area (Å²) in [4.78, 5) is 3.85. The summed E-state index contributed by atoms with van der Waals surface area (Å²) in [6, 6.07) is 4.47. The summed E-state index contributed by atoms with van der Waals surface area (Å²) in [5, 5.41) is 0. The summed E-state index contributed by atoms with van der Waals surface area (Å²) in [6.07, 6.45) is 5.34. The van der Waals surface area contributed by atoms with Crippen LogP contribution in [0.1, 0.15) is 43.5 Å². The minimum atomic E-state index is 0.366. The highest BCUT2D eigenvalue weighted by atomic mass is 35.5. The molecule has 1 aromatic rings. The number of nitrogens with zero attached hydrogens (tertiary/aromatic N) is 1. The van der Waals surface area contributed by atoms with Crippen molar-refractivity contribution >= 4 is 22.9 Å². The fourth-order valence-electron chi connectivity index (χ4n) is 2.91. The average Bonchev–Trinajstić information content (AvgIpc) is 2.79. The maximum atomic E-state index is 6.02. The van der Waals surface area contributed by atoms with Crippen LogP contribution in [0, 0.1) is 5.92 Å². The van der Waals surface area contributed by atoms with Crippen LogP contribution in [0.3, 0.4) is 0 Å².